The largest absolute Gasteiger partial charge is 0.303 e. The van der Waals surface area contributed by atoms with Gasteiger partial charge < -0.3 is 9.69 Å². The molecular formula is C15H27NO. The zero-order valence-corrected chi connectivity index (χ0v) is 11.5. The van der Waals surface area contributed by atoms with Gasteiger partial charge in [0.15, 0.2) is 0 Å². The van der Waals surface area contributed by atoms with Gasteiger partial charge in [-0.05, 0) is 44.2 Å². The van der Waals surface area contributed by atoms with Crippen LogP contribution in [0.2, 0.25) is 0 Å². The lowest BCUT2D eigenvalue weighted by molar-refractivity contribution is -0.117. The van der Waals surface area contributed by atoms with Crippen molar-refractivity contribution in [1.29, 1.82) is 0 Å². The third kappa shape index (κ3) is 2.90. The van der Waals surface area contributed by atoms with Crippen molar-refractivity contribution in [2.75, 3.05) is 19.6 Å². The van der Waals surface area contributed by atoms with Gasteiger partial charge in [-0.2, -0.15) is 0 Å². The van der Waals surface area contributed by atoms with Crippen molar-refractivity contribution < 1.29 is 4.79 Å². The molecule has 0 aromatic carbocycles. The maximum Gasteiger partial charge on any atom is 0.127 e. The van der Waals surface area contributed by atoms with Crippen LogP contribution in [0.3, 0.4) is 0 Å². The van der Waals surface area contributed by atoms with E-state index < -0.39 is 0 Å². The van der Waals surface area contributed by atoms with Gasteiger partial charge >= 0.3 is 0 Å². The summed E-state index contributed by atoms with van der Waals surface area (Å²) < 4.78 is 0. The fourth-order valence-corrected chi connectivity index (χ4v) is 3.44. The molecule has 1 heterocycles. The zero-order chi connectivity index (χ0) is 12.4. The van der Waals surface area contributed by atoms with Gasteiger partial charge in [-0.3, -0.25) is 0 Å². The molecule has 2 heteroatoms. The fraction of sp³-hybridized carbons (Fsp3) is 0.933. The number of rotatable bonds is 4. The number of hydrogen-bond acceptors (Lipinski definition) is 2. The van der Waals surface area contributed by atoms with Crippen LogP contribution in [-0.2, 0) is 4.79 Å². The van der Waals surface area contributed by atoms with Crippen molar-refractivity contribution in [3.63, 3.8) is 0 Å². The molecule has 0 N–H and O–H groups in total. The number of hydrogen-bond donors (Lipinski definition) is 0. The molecule has 0 atom stereocenters. The third-order valence-corrected chi connectivity index (χ3v) is 5.30. The van der Waals surface area contributed by atoms with Crippen LogP contribution in [0.1, 0.15) is 58.8 Å². The van der Waals surface area contributed by atoms with Crippen LogP contribution in [0.5, 0.6) is 0 Å². The molecule has 1 aliphatic heterocycles. The van der Waals surface area contributed by atoms with Gasteiger partial charge in [0.2, 0.25) is 0 Å². The van der Waals surface area contributed by atoms with E-state index in [0.29, 0.717) is 5.41 Å². The van der Waals surface area contributed by atoms with E-state index in [1.807, 2.05) is 0 Å². The zero-order valence-electron chi connectivity index (χ0n) is 11.5. The normalized spacial score (nSPS) is 28.1. The van der Waals surface area contributed by atoms with Crippen molar-refractivity contribution in [1.82, 2.24) is 4.90 Å². The number of likely N-dealkylation sites (tertiary alicyclic amines) is 1. The van der Waals surface area contributed by atoms with Gasteiger partial charge in [-0.1, -0.05) is 33.1 Å². The first kappa shape index (κ1) is 13.1. The minimum atomic E-state index is 0.0138. The highest BCUT2D eigenvalue weighted by Crippen LogP contribution is 2.39. The summed E-state index contributed by atoms with van der Waals surface area (Å²) in [6.07, 6.45) is 9.90. The van der Waals surface area contributed by atoms with E-state index in [1.165, 1.54) is 51.5 Å². The van der Waals surface area contributed by atoms with Crippen LogP contribution >= 0.6 is 0 Å². The first-order valence-corrected chi connectivity index (χ1v) is 7.30. The summed E-state index contributed by atoms with van der Waals surface area (Å²) in [6, 6.07) is 0. The number of piperidine rings is 1. The molecule has 0 amide bonds. The number of carbonyl (C=O) groups is 1. The molecule has 0 unspecified atom stereocenters. The molecule has 98 valence electrons. The topological polar surface area (TPSA) is 20.3 Å². The van der Waals surface area contributed by atoms with Crippen LogP contribution in [0.25, 0.3) is 0 Å². The standard InChI is InChI=1S/C15H27NO/c1-3-14(2)8-10-16(11-9-14)12-15(13-17)6-4-5-7-15/h13H,3-12H2,1-2H3. The second-order valence-electron chi connectivity index (χ2n) is 6.63. The van der Waals surface area contributed by atoms with Crippen LogP contribution in [-0.4, -0.2) is 30.8 Å². The van der Waals surface area contributed by atoms with Crippen molar-refractivity contribution in [2.45, 2.75) is 58.8 Å². The lowest BCUT2D eigenvalue weighted by Gasteiger charge is -2.41. The van der Waals surface area contributed by atoms with Crippen LogP contribution in [0.4, 0.5) is 0 Å². The Bertz CT molecular complexity index is 260. The Labute approximate surface area is 106 Å². The molecule has 0 radical (unpaired) electrons. The molecule has 2 nitrogen and oxygen atoms in total. The molecule has 1 aliphatic carbocycles. The Hall–Kier alpha value is -0.370. The summed E-state index contributed by atoms with van der Waals surface area (Å²) in [7, 11) is 0. The Morgan fingerprint density at radius 3 is 2.18 bits per heavy atom. The van der Waals surface area contributed by atoms with E-state index >= 15 is 0 Å². The molecule has 17 heavy (non-hydrogen) atoms. The van der Waals surface area contributed by atoms with Gasteiger partial charge in [0.05, 0.1) is 0 Å². The van der Waals surface area contributed by atoms with E-state index in [9.17, 15) is 4.79 Å². The average Bonchev–Trinajstić information content (AvgIpc) is 2.82. The second kappa shape index (κ2) is 5.09. The molecule has 0 spiro atoms. The molecule has 2 fully saturated rings. The minimum absolute atomic E-state index is 0.0138. The highest BCUT2D eigenvalue weighted by Gasteiger charge is 2.37. The number of carbonyl (C=O) groups excluding carboxylic acids is 1. The SMILES string of the molecule is CCC1(C)CCN(CC2(C=O)CCCC2)CC1. The summed E-state index contributed by atoms with van der Waals surface area (Å²) in [5.74, 6) is 0. The lowest BCUT2D eigenvalue weighted by Crippen LogP contribution is -2.44. The van der Waals surface area contributed by atoms with Crippen LogP contribution < -0.4 is 0 Å². The predicted molar refractivity (Wildman–Crippen MR) is 71.0 cm³/mol. The molecule has 2 aliphatic rings. The molecular weight excluding hydrogens is 210 g/mol. The summed E-state index contributed by atoms with van der Waals surface area (Å²) in [5.41, 5.74) is 0.570. The highest BCUT2D eigenvalue weighted by atomic mass is 16.1. The Morgan fingerprint density at radius 2 is 1.71 bits per heavy atom. The number of aldehydes is 1. The van der Waals surface area contributed by atoms with Gasteiger partial charge in [0, 0.05) is 12.0 Å². The van der Waals surface area contributed by atoms with E-state index in [-0.39, 0.29) is 5.41 Å². The van der Waals surface area contributed by atoms with E-state index in [1.54, 1.807) is 0 Å². The monoisotopic (exact) mass is 237 g/mol. The summed E-state index contributed by atoms with van der Waals surface area (Å²) in [4.78, 5) is 13.9. The quantitative estimate of drug-likeness (QED) is 0.700. The van der Waals surface area contributed by atoms with Crippen molar-refractivity contribution in [3.8, 4) is 0 Å². The van der Waals surface area contributed by atoms with Crippen LogP contribution in [0.15, 0.2) is 0 Å². The van der Waals surface area contributed by atoms with Gasteiger partial charge in [-0.25, -0.2) is 0 Å². The first-order chi connectivity index (χ1) is 8.11. The molecule has 0 aromatic rings. The van der Waals surface area contributed by atoms with Crippen molar-refractivity contribution in [2.24, 2.45) is 10.8 Å². The maximum atomic E-state index is 11.4. The van der Waals surface area contributed by atoms with Crippen molar-refractivity contribution in [3.05, 3.63) is 0 Å². The predicted octanol–water partition coefficient (Wildman–Crippen LogP) is 3.26. The molecule has 2 rings (SSSR count). The molecule has 1 saturated heterocycles. The van der Waals surface area contributed by atoms with Crippen LogP contribution in [0, 0.1) is 10.8 Å². The Morgan fingerprint density at radius 1 is 1.12 bits per heavy atom. The summed E-state index contributed by atoms with van der Waals surface area (Å²) in [5, 5.41) is 0. The third-order valence-electron chi connectivity index (χ3n) is 5.30. The Balaban J connectivity index is 1.87. The van der Waals surface area contributed by atoms with Gasteiger partial charge in [0.1, 0.15) is 6.29 Å². The Kier molecular flexibility index (Phi) is 3.92. The van der Waals surface area contributed by atoms with Gasteiger partial charge in [-0.15, -0.1) is 0 Å². The van der Waals surface area contributed by atoms with Gasteiger partial charge in [0.25, 0.3) is 0 Å². The smallest absolute Gasteiger partial charge is 0.127 e. The highest BCUT2D eigenvalue weighted by molar-refractivity contribution is 5.60. The second-order valence-corrected chi connectivity index (χ2v) is 6.63. The number of nitrogens with zero attached hydrogens (tertiary/aromatic N) is 1. The van der Waals surface area contributed by atoms with Crippen molar-refractivity contribution >= 4 is 6.29 Å². The lowest BCUT2D eigenvalue weighted by atomic mass is 9.77. The molecule has 1 saturated carbocycles. The summed E-state index contributed by atoms with van der Waals surface area (Å²) >= 11 is 0. The first-order valence-electron chi connectivity index (χ1n) is 7.30. The fourth-order valence-electron chi connectivity index (χ4n) is 3.44. The summed E-state index contributed by atoms with van der Waals surface area (Å²) in [6.45, 7) is 8.13. The molecule has 0 bridgehead atoms. The van der Waals surface area contributed by atoms with E-state index in [0.717, 1.165) is 19.4 Å². The van der Waals surface area contributed by atoms with E-state index in [4.69, 9.17) is 0 Å². The van der Waals surface area contributed by atoms with E-state index in [2.05, 4.69) is 18.7 Å². The minimum Gasteiger partial charge on any atom is -0.303 e. The molecule has 0 aromatic heterocycles. The maximum absolute atomic E-state index is 11.4. The average molecular weight is 237 g/mol.